The van der Waals surface area contributed by atoms with Gasteiger partial charge in [-0.25, -0.2) is 4.98 Å². The largest absolute Gasteiger partial charge is 0.396 e. The van der Waals surface area contributed by atoms with Crippen molar-refractivity contribution in [3.05, 3.63) is 40.4 Å². The van der Waals surface area contributed by atoms with Gasteiger partial charge in [0.1, 0.15) is 10.4 Å². The molecule has 0 bridgehead atoms. The third-order valence-corrected chi connectivity index (χ3v) is 4.16. The van der Waals surface area contributed by atoms with Gasteiger partial charge in [-0.1, -0.05) is 18.2 Å². The summed E-state index contributed by atoms with van der Waals surface area (Å²) in [7, 11) is 1.99. The van der Waals surface area contributed by atoms with E-state index in [-0.39, 0.29) is 6.61 Å². The lowest BCUT2D eigenvalue weighted by Gasteiger charge is -2.06. The van der Waals surface area contributed by atoms with Crippen LogP contribution in [0.25, 0.3) is 22.2 Å². The lowest BCUT2D eigenvalue weighted by Crippen LogP contribution is -2.02. The predicted octanol–water partition coefficient (Wildman–Crippen LogP) is 3.17. The summed E-state index contributed by atoms with van der Waals surface area (Å²) in [6.07, 6.45) is 0.552. The van der Waals surface area contributed by atoms with Gasteiger partial charge in [0.2, 0.25) is 0 Å². The van der Waals surface area contributed by atoms with Crippen LogP contribution in [0.4, 0.5) is 0 Å². The molecule has 0 spiro atoms. The molecule has 0 fully saturated rings. The van der Waals surface area contributed by atoms with E-state index in [2.05, 4.69) is 45.0 Å². The molecule has 2 heterocycles. The zero-order valence-electron chi connectivity index (χ0n) is 11.4. The maximum absolute atomic E-state index is 9.13. The summed E-state index contributed by atoms with van der Waals surface area (Å²) in [5.41, 5.74) is 4.44. The molecule has 0 radical (unpaired) electrons. The predicted molar refractivity (Wildman–Crippen MR) is 83.7 cm³/mol. The van der Waals surface area contributed by atoms with Crippen LogP contribution in [-0.4, -0.2) is 26.2 Å². The maximum Gasteiger partial charge on any atom is 0.132 e. The third-order valence-electron chi connectivity index (χ3n) is 3.61. The number of aliphatic hydroxyl groups is 1. The molecule has 0 unspecified atom stereocenters. The van der Waals surface area contributed by atoms with Gasteiger partial charge in [-0.05, 0) is 28.9 Å². The number of nitrogens with one attached hydrogen (secondary N) is 1. The fraction of sp³-hybridized carbons (Fsp3) is 0.267. The van der Waals surface area contributed by atoms with Crippen LogP contribution < -0.4 is 0 Å². The minimum absolute atomic E-state index is 0.101. The standard InChI is InChI=1S/C15H16BrN3O/c1-9-13(10-5-3-4-6-11(10)17-9)14-15(16)18-12(7-8-20)19(14)2/h3-6,17,20H,7-8H2,1-2H3. The summed E-state index contributed by atoms with van der Waals surface area (Å²) in [4.78, 5) is 7.92. The van der Waals surface area contributed by atoms with Gasteiger partial charge in [-0.15, -0.1) is 0 Å². The second-order valence-corrected chi connectivity index (χ2v) is 5.62. The second kappa shape index (κ2) is 5.07. The molecule has 1 aromatic carbocycles. The van der Waals surface area contributed by atoms with Gasteiger partial charge in [0.25, 0.3) is 0 Å². The van der Waals surface area contributed by atoms with Crippen LogP contribution in [0.3, 0.4) is 0 Å². The van der Waals surface area contributed by atoms with Gasteiger partial charge in [-0.2, -0.15) is 0 Å². The Morgan fingerprint density at radius 2 is 2.10 bits per heavy atom. The normalized spacial score (nSPS) is 11.4. The minimum Gasteiger partial charge on any atom is -0.396 e. The summed E-state index contributed by atoms with van der Waals surface area (Å²) in [5.74, 6) is 0.874. The molecule has 5 heteroatoms. The molecule has 0 amide bonds. The molecule has 0 aliphatic rings. The van der Waals surface area contributed by atoms with Gasteiger partial charge in [0.05, 0.1) is 12.3 Å². The van der Waals surface area contributed by atoms with E-state index in [1.54, 1.807) is 0 Å². The van der Waals surface area contributed by atoms with Crippen LogP contribution in [0.1, 0.15) is 11.5 Å². The zero-order valence-corrected chi connectivity index (χ0v) is 13.0. The Morgan fingerprint density at radius 3 is 2.85 bits per heavy atom. The van der Waals surface area contributed by atoms with Crippen molar-refractivity contribution in [2.24, 2.45) is 7.05 Å². The summed E-state index contributed by atoms with van der Waals surface area (Å²) in [6, 6.07) is 8.25. The van der Waals surface area contributed by atoms with E-state index in [0.717, 1.165) is 32.9 Å². The highest BCUT2D eigenvalue weighted by atomic mass is 79.9. The Hall–Kier alpha value is -1.59. The first-order valence-electron chi connectivity index (χ1n) is 6.53. The first-order valence-corrected chi connectivity index (χ1v) is 7.32. The molecule has 20 heavy (non-hydrogen) atoms. The Bertz CT molecular complexity index is 773. The number of halogens is 1. The second-order valence-electron chi connectivity index (χ2n) is 4.87. The van der Waals surface area contributed by atoms with Crippen molar-refractivity contribution in [2.75, 3.05) is 6.61 Å². The number of aromatic nitrogens is 3. The third kappa shape index (κ3) is 1.98. The number of hydrogen-bond donors (Lipinski definition) is 2. The average molecular weight is 334 g/mol. The molecule has 4 nitrogen and oxygen atoms in total. The number of fused-ring (bicyclic) bond motifs is 1. The van der Waals surface area contributed by atoms with Crippen molar-refractivity contribution < 1.29 is 5.11 Å². The number of aliphatic hydroxyl groups excluding tert-OH is 1. The van der Waals surface area contributed by atoms with E-state index >= 15 is 0 Å². The highest BCUT2D eigenvalue weighted by molar-refractivity contribution is 9.10. The number of rotatable bonds is 3. The van der Waals surface area contributed by atoms with Crippen molar-refractivity contribution in [1.29, 1.82) is 0 Å². The summed E-state index contributed by atoms with van der Waals surface area (Å²) in [6.45, 7) is 2.17. The number of aryl methyl sites for hydroxylation is 1. The molecule has 0 saturated carbocycles. The Balaban J connectivity index is 2.28. The number of nitrogens with zero attached hydrogens (tertiary/aromatic N) is 2. The molecule has 0 aliphatic carbocycles. The Kier molecular flexibility index (Phi) is 3.40. The van der Waals surface area contributed by atoms with Crippen molar-refractivity contribution in [1.82, 2.24) is 14.5 Å². The smallest absolute Gasteiger partial charge is 0.132 e. The summed E-state index contributed by atoms with van der Waals surface area (Å²) < 4.78 is 2.86. The highest BCUT2D eigenvalue weighted by Crippen LogP contribution is 2.36. The lowest BCUT2D eigenvalue weighted by atomic mass is 10.1. The van der Waals surface area contributed by atoms with Gasteiger partial charge >= 0.3 is 0 Å². The van der Waals surface area contributed by atoms with Crippen LogP contribution in [0.5, 0.6) is 0 Å². The van der Waals surface area contributed by atoms with Crippen molar-refractivity contribution in [2.45, 2.75) is 13.3 Å². The molecule has 104 valence electrons. The van der Waals surface area contributed by atoms with E-state index in [0.29, 0.717) is 6.42 Å². The Morgan fingerprint density at radius 1 is 1.35 bits per heavy atom. The molecule has 3 aromatic rings. The van der Waals surface area contributed by atoms with E-state index < -0.39 is 0 Å². The number of aromatic amines is 1. The van der Waals surface area contributed by atoms with Crippen LogP contribution in [0.2, 0.25) is 0 Å². The fourth-order valence-electron chi connectivity index (χ4n) is 2.68. The van der Waals surface area contributed by atoms with Crippen LogP contribution in [-0.2, 0) is 13.5 Å². The molecular formula is C15H16BrN3O. The topological polar surface area (TPSA) is 53.8 Å². The molecular weight excluding hydrogens is 318 g/mol. The molecule has 0 atom stereocenters. The molecule has 2 N–H and O–H groups in total. The maximum atomic E-state index is 9.13. The first-order chi connectivity index (χ1) is 9.63. The number of imidazole rings is 1. The fourth-order valence-corrected chi connectivity index (χ4v) is 3.35. The van der Waals surface area contributed by atoms with E-state index in [9.17, 15) is 0 Å². The SMILES string of the molecule is Cc1[nH]c2ccccc2c1-c1c(Br)nc(CCO)n1C. The Labute approximate surface area is 125 Å². The summed E-state index contributed by atoms with van der Waals surface area (Å²) in [5, 5.41) is 10.3. The molecule has 3 rings (SSSR count). The van der Waals surface area contributed by atoms with Gasteiger partial charge in [-0.3, -0.25) is 0 Å². The van der Waals surface area contributed by atoms with Crippen molar-refractivity contribution in [3.8, 4) is 11.3 Å². The van der Waals surface area contributed by atoms with Crippen LogP contribution in [0, 0.1) is 6.92 Å². The van der Waals surface area contributed by atoms with Gasteiger partial charge in [0, 0.05) is 35.6 Å². The monoisotopic (exact) mass is 333 g/mol. The molecule has 0 aliphatic heterocycles. The summed E-state index contributed by atoms with van der Waals surface area (Å²) >= 11 is 3.55. The quantitative estimate of drug-likeness (QED) is 0.773. The lowest BCUT2D eigenvalue weighted by molar-refractivity contribution is 0.295. The minimum atomic E-state index is 0.101. The van der Waals surface area contributed by atoms with E-state index in [4.69, 9.17) is 5.11 Å². The highest BCUT2D eigenvalue weighted by Gasteiger charge is 2.19. The van der Waals surface area contributed by atoms with Gasteiger partial charge < -0.3 is 14.7 Å². The van der Waals surface area contributed by atoms with Crippen molar-refractivity contribution >= 4 is 26.8 Å². The molecule has 0 saturated heterocycles. The number of benzene rings is 1. The molecule has 2 aromatic heterocycles. The van der Waals surface area contributed by atoms with E-state index in [1.165, 1.54) is 5.39 Å². The van der Waals surface area contributed by atoms with Crippen LogP contribution >= 0.6 is 15.9 Å². The number of H-pyrrole nitrogens is 1. The average Bonchev–Trinajstić information content (AvgIpc) is 2.88. The van der Waals surface area contributed by atoms with E-state index in [1.807, 2.05) is 23.7 Å². The van der Waals surface area contributed by atoms with Crippen LogP contribution in [0.15, 0.2) is 28.9 Å². The van der Waals surface area contributed by atoms with Gasteiger partial charge in [0.15, 0.2) is 0 Å². The van der Waals surface area contributed by atoms with Crippen molar-refractivity contribution in [3.63, 3.8) is 0 Å². The number of para-hydroxylation sites is 1. The zero-order chi connectivity index (χ0) is 14.3. The number of hydrogen-bond acceptors (Lipinski definition) is 2. The first kappa shape index (κ1) is 13.4.